The minimum absolute atomic E-state index is 0.0304. The van der Waals surface area contributed by atoms with Crippen molar-refractivity contribution in [2.24, 2.45) is 0 Å². The molecule has 8 heteroatoms. The van der Waals surface area contributed by atoms with E-state index in [9.17, 15) is 18.0 Å². The Hall–Kier alpha value is -0.860. The molecule has 0 aromatic rings. The molecule has 0 saturated carbocycles. The zero-order valence-electron chi connectivity index (χ0n) is 10.2. The van der Waals surface area contributed by atoms with Crippen molar-refractivity contribution in [2.75, 3.05) is 46.1 Å². The fourth-order valence-electron chi connectivity index (χ4n) is 0.960. The van der Waals surface area contributed by atoms with Gasteiger partial charge in [0, 0.05) is 13.1 Å². The van der Waals surface area contributed by atoms with E-state index in [0.29, 0.717) is 19.7 Å². The van der Waals surface area contributed by atoms with Crippen LogP contribution in [0.2, 0.25) is 0 Å². The van der Waals surface area contributed by atoms with Crippen LogP contribution in [0.5, 0.6) is 0 Å². The van der Waals surface area contributed by atoms with Crippen LogP contribution in [-0.4, -0.2) is 58.3 Å². The Bertz CT molecular complexity index is 224. The first kappa shape index (κ1) is 17.1. The lowest BCUT2D eigenvalue weighted by atomic mass is 10.6. The average Bonchev–Trinajstić information content (AvgIpc) is 2.25. The highest BCUT2D eigenvalue weighted by atomic mass is 19.4. The lowest BCUT2D eigenvalue weighted by Gasteiger charge is -2.08. The molecule has 0 amide bonds. The molecular formula is C10H18F3NO4. The van der Waals surface area contributed by atoms with Gasteiger partial charge in [0.15, 0.2) is 0 Å². The molecule has 0 saturated heterocycles. The number of hydrogen-bond donors (Lipinski definition) is 1. The second-order valence-corrected chi connectivity index (χ2v) is 3.28. The largest absolute Gasteiger partial charge is 0.464 e. The van der Waals surface area contributed by atoms with Crippen LogP contribution in [0, 0.1) is 0 Å². The van der Waals surface area contributed by atoms with Gasteiger partial charge in [0.1, 0.15) is 13.2 Å². The molecule has 0 unspecified atom stereocenters. The predicted octanol–water partition coefficient (Wildman–Crippen LogP) is 0.735. The predicted molar refractivity (Wildman–Crippen MR) is 57.2 cm³/mol. The highest BCUT2D eigenvalue weighted by Crippen LogP contribution is 2.13. The zero-order valence-corrected chi connectivity index (χ0v) is 10.2. The molecule has 0 spiro atoms. The fraction of sp³-hybridized carbons (Fsp3) is 0.900. The lowest BCUT2D eigenvalue weighted by molar-refractivity contribution is -0.173. The number of rotatable bonds is 10. The van der Waals surface area contributed by atoms with Gasteiger partial charge in [-0.2, -0.15) is 13.2 Å². The molecule has 0 bridgehead atoms. The third-order valence-electron chi connectivity index (χ3n) is 1.64. The summed E-state index contributed by atoms with van der Waals surface area (Å²) in [6.45, 7) is 1.59. The van der Waals surface area contributed by atoms with Crippen LogP contribution in [0.1, 0.15) is 6.92 Å². The van der Waals surface area contributed by atoms with Gasteiger partial charge in [-0.25, -0.2) is 4.79 Å². The second-order valence-electron chi connectivity index (χ2n) is 3.28. The third-order valence-corrected chi connectivity index (χ3v) is 1.64. The Balaban J connectivity index is 3.15. The number of ether oxygens (including phenoxy) is 3. The van der Waals surface area contributed by atoms with Crippen molar-refractivity contribution in [1.29, 1.82) is 0 Å². The van der Waals surface area contributed by atoms with Gasteiger partial charge < -0.3 is 19.5 Å². The fourth-order valence-corrected chi connectivity index (χ4v) is 0.960. The summed E-state index contributed by atoms with van der Waals surface area (Å²) in [6.07, 6.45) is -4.29. The van der Waals surface area contributed by atoms with Gasteiger partial charge in [0.05, 0.1) is 19.8 Å². The molecule has 18 heavy (non-hydrogen) atoms. The molecular weight excluding hydrogens is 255 g/mol. The molecule has 5 nitrogen and oxygen atoms in total. The number of alkyl halides is 3. The first-order valence-electron chi connectivity index (χ1n) is 5.54. The Kier molecular flexibility index (Phi) is 9.62. The van der Waals surface area contributed by atoms with E-state index in [-0.39, 0.29) is 19.8 Å². The minimum atomic E-state index is -4.29. The highest BCUT2D eigenvalue weighted by molar-refractivity contribution is 5.70. The van der Waals surface area contributed by atoms with E-state index in [1.807, 2.05) is 0 Å². The van der Waals surface area contributed by atoms with Gasteiger partial charge in [-0.05, 0) is 6.92 Å². The van der Waals surface area contributed by atoms with Gasteiger partial charge in [-0.3, -0.25) is 0 Å². The maximum absolute atomic E-state index is 11.7. The molecule has 0 aliphatic carbocycles. The number of nitrogens with one attached hydrogen (secondary N) is 1. The summed E-state index contributed by atoms with van der Waals surface area (Å²) in [5, 5.41) is 2.81. The molecule has 0 fully saturated rings. The number of halogens is 3. The first-order chi connectivity index (χ1) is 8.45. The van der Waals surface area contributed by atoms with Gasteiger partial charge in [-0.15, -0.1) is 0 Å². The number of carbonyl (C=O) groups excluding carboxylic acids is 1. The number of carbonyl (C=O) groups is 1. The van der Waals surface area contributed by atoms with Gasteiger partial charge in [0.2, 0.25) is 0 Å². The molecule has 0 aromatic carbocycles. The normalized spacial score (nSPS) is 11.6. The maximum Gasteiger partial charge on any atom is 0.411 e. The van der Waals surface area contributed by atoms with Crippen molar-refractivity contribution in [3.8, 4) is 0 Å². The van der Waals surface area contributed by atoms with Crippen LogP contribution >= 0.6 is 0 Å². The summed E-state index contributed by atoms with van der Waals surface area (Å²) in [6, 6.07) is 0. The van der Waals surface area contributed by atoms with Crippen LogP contribution in [0.3, 0.4) is 0 Å². The number of esters is 1. The Morgan fingerprint density at radius 1 is 1.17 bits per heavy atom. The molecule has 0 radical (unpaired) electrons. The quantitative estimate of drug-likeness (QED) is 0.470. The SMILES string of the molecule is CCOC(=O)COCCNCCOCC(F)(F)F. The topological polar surface area (TPSA) is 56.8 Å². The van der Waals surface area contributed by atoms with Gasteiger partial charge in [0.25, 0.3) is 0 Å². The molecule has 0 aliphatic heterocycles. The van der Waals surface area contributed by atoms with Crippen LogP contribution in [0.15, 0.2) is 0 Å². The van der Waals surface area contributed by atoms with E-state index in [2.05, 4.69) is 14.8 Å². The molecule has 0 aliphatic rings. The molecule has 0 rings (SSSR count). The summed E-state index contributed by atoms with van der Waals surface area (Å²) >= 11 is 0. The lowest BCUT2D eigenvalue weighted by Crippen LogP contribution is -2.27. The van der Waals surface area contributed by atoms with Crippen LogP contribution in [-0.2, 0) is 19.0 Å². The summed E-state index contributed by atoms with van der Waals surface area (Å²) in [5.41, 5.74) is 0. The molecule has 0 atom stereocenters. The van der Waals surface area contributed by atoms with Crippen molar-refractivity contribution in [3.05, 3.63) is 0 Å². The molecule has 0 heterocycles. The van der Waals surface area contributed by atoms with E-state index < -0.39 is 18.8 Å². The van der Waals surface area contributed by atoms with Gasteiger partial charge in [-0.1, -0.05) is 0 Å². The standard InChI is InChI=1S/C10H18F3NO4/c1-2-18-9(15)7-16-5-3-14-4-6-17-8-10(11,12)13/h14H,2-8H2,1H3. The van der Waals surface area contributed by atoms with Crippen LogP contribution in [0.25, 0.3) is 0 Å². The molecule has 108 valence electrons. The molecule has 1 N–H and O–H groups in total. The third kappa shape index (κ3) is 13.2. The van der Waals surface area contributed by atoms with Crippen molar-refractivity contribution in [1.82, 2.24) is 5.32 Å². The van der Waals surface area contributed by atoms with E-state index in [4.69, 9.17) is 4.74 Å². The van der Waals surface area contributed by atoms with E-state index >= 15 is 0 Å². The average molecular weight is 273 g/mol. The zero-order chi connectivity index (χ0) is 13.9. The highest BCUT2D eigenvalue weighted by Gasteiger charge is 2.27. The summed E-state index contributed by atoms with van der Waals surface area (Å²) in [7, 11) is 0. The summed E-state index contributed by atoms with van der Waals surface area (Å²) in [5.74, 6) is -0.439. The monoisotopic (exact) mass is 273 g/mol. The van der Waals surface area contributed by atoms with E-state index in [1.54, 1.807) is 6.92 Å². The maximum atomic E-state index is 11.7. The second kappa shape index (κ2) is 10.1. The Labute approximate surface area is 104 Å². The Morgan fingerprint density at radius 3 is 2.33 bits per heavy atom. The van der Waals surface area contributed by atoms with E-state index in [0.717, 1.165) is 0 Å². The van der Waals surface area contributed by atoms with Crippen molar-refractivity contribution in [3.63, 3.8) is 0 Å². The van der Waals surface area contributed by atoms with Crippen LogP contribution < -0.4 is 5.32 Å². The molecule has 0 aromatic heterocycles. The summed E-state index contributed by atoms with van der Waals surface area (Å²) < 4.78 is 48.9. The Morgan fingerprint density at radius 2 is 1.78 bits per heavy atom. The minimum Gasteiger partial charge on any atom is -0.464 e. The van der Waals surface area contributed by atoms with Crippen molar-refractivity contribution < 1.29 is 32.2 Å². The van der Waals surface area contributed by atoms with Crippen molar-refractivity contribution >= 4 is 5.97 Å². The van der Waals surface area contributed by atoms with Crippen LogP contribution in [0.4, 0.5) is 13.2 Å². The van der Waals surface area contributed by atoms with Crippen molar-refractivity contribution in [2.45, 2.75) is 13.1 Å². The number of hydrogen-bond acceptors (Lipinski definition) is 5. The first-order valence-corrected chi connectivity index (χ1v) is 5.54. The van der Waals surface area contributed by atoms with Gasteiger partial charge >= 0.3 is 12.1 Å². The van der Waals surface area contributed by atoms with E-state index in [1.165, 1.54) is 0 Å². The summed E-state index contributed by atoms with van der Waals surface area (Å²) in [4.78, 5) is 10.8. The smallest absolute Gasteiger partial charge is 0.411 e.